The lowest BCUT2D eigenvalue weighted by molar-refractivity contribution is 0.579. The van der Waals surface area contributed by atoms with E-state index in [1.54, 1.807) is 11.3 Å². The van der Waals surface area contributed by atoms with Crippen molar-refractivity contribution in [3.63, 3.8) is 0 Å². The topological polar surface area (TPSA) is 12.0 Å². The van der Waals surface area contributed by atoms with Gasteiger partial charge in [0.25, 0.3) is 0 Å². The van der Waals surface area contributed by atoms with Crippen molar-refractivity contribution in [3.8, 4) is 0 Å². The Bertz CT molecular complexity index is 417. The highest BCUT2D eigenvalue weighted by molar-refractivity contribution is 7.09. The van der Waals surface area contributed by atoms with Gasteiger partial charge in [-0.25, -0.2) is 0 Å². The SMILES string of the molecule is Cc1ccc([C@@H](C)NCc2cccs2)cc1. The van der Waals surface area contributed by atoms with Gasteiger partial charge in [-0.3, -0.25) is 0 Å². The van der Waals surface area contributed by atoms with Crippen LogP contribution < -0.4 is 5.32 Å². The fourth-order valence-electron chi connectivity index (χ4n) is 1.64. The number of aryl methyl sites for hydroxylation is 1. The number of thiophene rings is 1. The van der Waals surface area contributed by atoms with Crippen molar-refractivity contribution >= 4 is 11.3 Å². The summed E-state index contributed by atoms with van der Waals surface area (Å²) in [5.74, 6) is 0. The van der Waals surface area contributed by atoms with Crippen molar-refractivity contribution in [2.75, 3.05) is 0 Å². The van der Waals surface area contributed by atoms with Gasteiger partial charge in [0.05, 0.1) is 0 Å². The third-order valence-corrected chi connectivity index (χ3v) is 3.62. The summed E-state index contributed by atoms with van der Waals surface area (Å²) in [7, 11) is 0. The summed E-state index contributed by atoms with van der Waals surface area (Å²) >= 11 is 1.80. The molecule has 1 atom stereocenters. The average Bonchev–Trinajstić information content (AvgIpc) is 2.80. The molecular formula is C14H17NS. The molecule has 0 aliphatic carbocycles. The van der Waals surface area contributed by atoms with Gasteiger partial charge in [-0.1, -0.05) is 35.9 Å². The lowest BCUT2D eigenvalue weighted by atomic mass is 10.1. The van der Waals surface area contributed by atoms with Crippen LogP contribution in [0.5, 0.6) is 0 Å². The molecule has 1 aromatic carbocycles. The van der Waals surface area contributed by atoms with E-state index in [4.69, 9.17) is 0 Å². The van der Waals surface area contributed by atoms with E-state index in [9.17, 15) is 0 Å². The summed E-state index contributed by atoms with van der Waals surface area (Å²) in [6, 6.07) is 13.4. The molecule has 0 spiro atoms. The number of benzene rings is 1. The second kappa shape index (κ2) is 5.28. The molecule has 0 unspecified atom stereocenters. The summed E-state index contributed by atoms with van der Waals surface area (Å²) in [4.78, 5) is 1.39. The molecule has 2 aromatic rings. The van der Waals surface area contributed by atoms with Gasteiger partial charge in [-0.15, -0.1) is 11.3 Å². The Balaban J connectivity index is 1.93. The standard InChI is InChI=1S/C14H17NS/c1-11-5-7-13(8-6-11)12(2)15-10-14-4-3-9-16-14/h3-9,12,15H,10H2,1-2H3/t12-/m1/s1. The molecule has 0 amide bonds. The van der Waals surface area contributed by atoms with Crippen LogP contribution in [0, 0.1) is 6.92 Å². The van der Waals surface area contributed by atoms with Crippen molar-refractivity contribution in [2.45, 2.75) is 26.4 Å². The summed E-state index contributed by atoms with van der Waals surface area (Å²) in [5, 5.41) is 5.65. The van der Waals surface area contributed by atoms with Crippen LogP contribution in [0.25, 0.3) is 0 Å². The third kappa shape index (κ3) is 2.94. The average molecular weight is 231 g/mol. The zero-order chi connectivity index (χ0) is 11.4. The predicted molar refractivity (Wildman–Crippen MR) is 70.8 cm³/mol. The molecule has 0 radical (unpaired) electrons. The normalized spacial score (nSPS) is 12.6. The highest BCUT2D eigenvalue weighted by atomic mass is 32.1. The first kappa shape index (κ1) is 11.4. The molecule has 16 heavy (non-hydrogen) atoms. The van der Waals surface area contributed by atoms with E-state index in [-0.39, 0.29) is 0 Å². The molecule has 0 fully saturated rings. The number of hydrogen-bond donors (Lipinski definition) is 1. The van der Waals surface area contributed by atoms with Gasteiger partial charge in [-0.05, 0) is 30.9 Å². The predicted octanol–water partition coefficient (Wildman–Crippen LogP) is 3.91. The minimum atomic E-state index is 0.405. The molecule has 0 aliphatic rings. The maximum absolute atomic E-state index is 3.53. The van der Waals surface area contributed by atoms with Crippen LogP contribution in [-0.4, -0.2) is 0 Å². The van der Waals surface area contributed by atoms with E-state index < -0.39 is 0 Å². The zero-order valence-electron chi connectivity index (χ0n) is 9.73. The summed E-state index contributed by atoms with van der Waals surface area (Å²) in [5.41, 5.74) is 2.66. The van der Waals surface area contributed by atoms with Crippen molar-refractivity contribution in [1.29, 1.82) is 0 Å². The van der Waals surface area contributed by atoms with E-state index in [2.05, 4.69) is 60.9 Å². The second-order valence-corrected chi connectivity index (χ2v) is 5.12. The number of nitrogens with one attached hydrogen (secondary N) is 1. The van der Waals surface area contributed by atoms with Gasteiger partial charge in [0.15, 0.2) is 0 Å². The van der Waals surface area contributed by atoms with Crippen molar-refractivity contribution in [1.82, 2.24) is 5.32 Å². The Labute approximate surface area is 101 Å². The molecule has 0 aliphatic heterocycles. The molecule has 2 heteroatoms. The smallest absolute Gasteiger partial charge is 0.0305 e. The molecule has 0 saturated carbocycles. The summed E-state index contributed by atoms with van der Waals surface area (Å²) in [6.07, 6.45) is 0. The van der Waals surface area contributed by atoms with Gasteiger partial charge >= 0.3 is 0 Å². The molecule has 1 aromatic heterocycles. The summed E-state index contributed by atoms with van der Waals surface area (Å²) < 4.78 is 0. The fraction of sp³-hybridized carbons (Fsp3) is 0.286. The fourth-order valence-corrected chi connectivity index (χ4v) is 2.30. The highest BCUT2D eigenvalue weighted by Crippen LogP contribution is 2.15. The van der Waals surface area contributed by atoms with E-state index in [1.165, 1.54) is 16.0 Å². The molecule has 84 valence electrons. The minimum Gasteiger partial charge on any atom is -0.305 e. The Kier molecular flexibility index (Phi) is 3.75. The Morgan fingerprint density at radius 1 is 1.19 bits per heavy atom. The lowest BCUT2D eigenvalue weighted by Gasteiger charge is -2.13. The van der Waals surface area contributed by atoms with E-state index in [0.717, 1.165) is 6.54 Å². The first-order valence-electron chi connectivity index (χ1n) is 5.58. The number of hydrogen-bond acceptors (Lipinski definition) is 2. The lowest BCUT2D eigenvalue weighted by Crippen LogP contribution is -2.17. The van der Waals surface area contributed by atoms with Gasteiger partial charge < -0.3 is 5.32 Å². The summed E-state index contributed by atoms with van der Waals surface area (Å²) in [6.45, 7) is 5.28. The van der Waals surface area contributed by atoms with Crippen molar-refractivity contribution in [3.05, 3.63) is 57.8 Å². The molecule has 1 heterocycles. The minimum absolute atomic E-state index is 0.405. The van der Waals surface area contributed by atoms with Crippen LogP contribution in [0.3, 0.4) is 0 Å². The Morgan fingerprint density at radius 3 is 2.56 bits per heavy atom. The molecule has 0 saturated heterocycles. The van der Waals surface area contributed by atoms with E-state index in [0.29, 0.717) is 6.04 Å². The molecule has 0 bridgehead atoms. The second-order valence-electron chi connectivity index (χ2n) is 4.09. The maximum Gasteiger partial charge on any atom is 0.0305 e. The first-order chi connectivity index (χ1) is 7.75. The zero-order valence-corrected chi connectivity index (χ0v) is 10.6. The van der Waals surface area contributed by atoms with Gasteiger partial charge in [-0.2, -0.15) is 0 Å². The molecule has 2 rings (SSSR count). The van der Waals surface area contributed by atoms with Crippen molar-refractivity contribution < 1.29 is 0 Å². The highest BCUT2D eigenvalue weighted by Gasteiger charge is 2.04. The molecular weight excluding hydrogens is 214 g/mol. The monoisotopic (exact) mass is 231 g/mol. The molecule has 1 nitrogen and oxygen atoms in total. The third-order valence-electron chi connectivity index (χ3n) is 2.74. The Morgan fingerprint density at radius 2 is 1.94 bits per heavy atom. The van der Waals surface area contributed by atoms with Crippen LogP contribution in [0.4, 0.5) is 0 Å². The van der Waals surface area contributed by atoms with Crippen LogP contribution in [-0.2, 0) is 6.54 Å². The van der Waals surface area contributed by atoms with Crippen molar-refractivity contribution in [2.24, 2.45) is 0 Å². The van der Waals surface area contributed by atoms with E-state index in [1.807, 2.05) is 0 Å². The largest absolute Gasteiger partial charge is 0.305 e. The van der Waals surface area contributed by atoms with Crippen LogP contribution >= 0.6 is 11.3 Å². The Hall–Kier alpha value is -1.12. The van der Waals surface area contributed by atoms with E-state index >= 15 is 0 Å². The van der Waals surface area contributed by atoms with Gasteiger partial charge in [0.1, 0.15) is 0 Å². The maximum atomic E-state index is 3.53. The van der Waals surface area contributed by atoms with Crippen LogP contribution in [0.15, 0.2) is 41.8 Å². The van der Waals surface area contributed by atoms with Gasteiger partial charge in [0, 0.05) is 17.5 Å². The number of rotatable bonds is 4. The molecule has 1 N–H and O–H groups in total. The van der Waals surface area contributed by atoms with Crippen LogP contribution in [0.2, 0.25) is 0 Å². The van der Waals surface area contributed by atoms with Crippen LogP contribution in [0.1, 0.15) is 29.0 Å². The quantitative estimate of drug-likeness (QED) is 0.841. The first-order valence-corrected chi connectivity index (χ1v) is 6.46. The van der Waals surface area contributed by atoms with Gasteiger partial charge in [0.2, 0.25) is 0 Å².